The van der Waals surface area contributed by atoms with Gasteiger partial charge in [0.05, 0.1) is 29.3 Å². The summed E-state index contributed by atoms with van der Waals surface area (Å²) < 4.78 is 0. The number of aliphatic hydroxyl groups excluding tert-OH is 3. The number of halogens is 2. The number of aliphatic hydroxyl groups is 4. The Kier molecular flexibility index (Phi) is 8.90. The number of hydrogen-bond acceptors (Lipinski definition) is 10. The number of aromatic hydroxyl groups is 1. The van der Waals surface area contributed by atoms with E-state index < -0.39 is 92.1 Å². The predicted molar refractivity (Wildman–Crippen MR) is 167 cm³/mol. The van der Waals surface area contributed by atoms with E-state index in [-0.39, 0.29) is 33.8 Å². The molecular weight excluding hydrogens is 706 g/mol. The van der Waals surface area contributed by atoms with E-state index in [0.717, 1.165) is 0 Å². The Hall–Kier alpha value is -3.56. The van der Waals surface area contributed by atoms with Crippen molar-refractivity contribution in [2.24, 2.45) is 17.6 Å². The number of phenols is 1. The van der Waals surface area contributed by atoms with Crippen molar-refractivity contribution in [1.82, 2.24) is 4.90 Å². The number of rotatable bonds is 5. The van der Waals surface area contributed by atoms with E-state index in [1.165, 1.54) is 31.1 Å². The van der Waals surface area contributed by atoms with E-state index in [1.807, 2.05) is 0 Å². The number of nitrogens with one attached hydrogen (secondary N) is 1. The highest BCUT2D eigenvalue weighted by Gasteiger charge is 2.67. The van der Waals surface area contributed by atoms with Gasteiger partial charge in [-0.1, -0.05) is 59.3 Å². The molecule has 7 atom stereocenters. The molecule has 0 bridgehead atoms. The fourth-order valence-corrected chi connectivity index (χ4v) is 7.11. The van der Waals surface area contributed by atoms with Crippen molar-refractivity contribution in [3.63, 3.8) is 0 Å². The third kappa shape index (κ3) is 4.67. The Morgan fingerprint density at radius 2 is 1.68 bits per heavy atom. The normalized spacial score (nSPS) is 28.5. The number of anilines is 1. The number of fused-ring (bicyclic) bond motifs is 3. The minimum atomic E-state index is -3.01. The van der Waals surface area contributed by atoms with Gasteiger partial charge in [-0.05, 0) is 37.2 Å². The Labute approximate surface area is 270 Å². The van der Waals surface area contributed by atoms with Gasteiger partial charge in [-0.25, -0.2) is 0 Å². The quantitative estimate of drug-likeness (QED) is 0.135. The minimum absolute atomic E-state index is 0. The first-order valence-electron chi connectivity index (χ1n) is 13.3. The van der Waals surface area contributed by atoms with Gasteiger partial charge in [0.15, 0.2) is 17.1 Å². The first-order valence-corrected chi connectivity index (χ1v) is 14.3. The summed E-state index contributed by atoms with van der Waals surface area (Å²) in [7, 11) is 2.93. The van der Waals surface area contributed by atoms with Crippen molar-refractivity contribution in [2.45, 2.75) is 35.4 Å². The van der Waals surface area contributed by atoms with E-state index >= 15 is 0 Å². The summed E-state index contributed by atoms with van der Waals surface area (Å²) >= 11 is 3.32. The molecule has 0 aromatic heterocycles. The fourth-order valence-electron chi connectivity index (χ4n) is 6.69. The summed E-state index contributed by atoms with van der Waals surface area (Å²) in [5, 5.41) is 59.6. The highest BCUT2D eigenvalue weighted by molar-refractivity contribution is 9.09. The summed E-state index contributed by atoms with van der Waals surface area (Å²) in [6.07, 6.45) is -1.70. The number of phenolic OH excluding ortho intramolecular Hbond substituents is 1. The molecule has 12 nitrogen and oxygen atoms in total. The number of likely N-dealkylation sites (N-methyl/N-ethyl adjacent to an activating group) is 1. The van der Waals surface area contributed by atoms with Crippen molar-refractivity contribution in [3.8, 4) is 5.75 Å². The third-order valence-corrected chi connectivity index (χ3v) is 9.66. The van der Waals surface area contributed by atoms with Crippen LogP contribution in [-0.2, 0) is 14.4 Å². The Bertz CT molecular complexity index is 1640. The van der Waals surface area contributed by atoms with Gasteiger partial charge in [-0.3, -0.25) is 24.1 Å². The number of primary amides is 1. The molecule has 0 spiro atoms. The number of carbonyl (C=O) groups excluding carboxylic acids is 4. The van der Waals surface area contributed by atoms with Crippen LogP contribution in [0.3, 0.4) is 0 Å². The first kappa shape index (κ1) is 33.3. The lowest BCUT2D eigenvalue weighted by Crippen LogP contribution is -2.68. The Morgan fingerprint density at radius 1 is 1.07 bits per heavy atom. The lowest BCUT2D eigenvalue weighted by molar-refractivity contribution is -0.162. The van der Waals surface area contributed by atoms with Crippen LogP contribution in [0.15, 0.2) is 65.1 Å². The average molecular weight is 737 g/mol. The van der Waals surface area contributed by atoms with Crippen LogP contribution in [0.4, 0.5) is 5.69 Å². The van der Waals surface area contributed by atoms with Crippen LogP contribution in [0.2, 0.25) is 0 Å². The van der Waals surface area contributed by atoms with Gasteiger partial charge in [-0.15, -0.1) is 17.0 Å². The van der Waals surface area contributed by atoms with E-state index in [1.54, 1.807) is 37.3 Å². The van der Waals surface area contributed by atoms with Gasteiger partial charge in [-0.2, -0.15) is 0 Å². The maximum atomic E-state index is 14.0. The lowest BCUT2D eigenvalue weighted by atomic mass is 9.55. The van der Waals surface area contributed by atoms with Gasteiger partial charge in [0.25, 0.3) is 5.91 Å². The van der Waals surface area contributed by atoms with Crippen molar-refractivity contribution in [1.29, 1.82) is 0 Å². The molecule has 0 radical (unpaired) electrons. The molecule has 5 rings (SSSR count). The smallest absolute Gasteiger partial charge is 0.255 e. The van der Waals surface area contributed by atoms with Crippen LogP contribution in [-0.4, -0.2) is 85.7 Å². The van der Waals surface area contributed by atoms with Gasteiger partial charge in [0, 0.05) is 11.5 Å². The number of Topliss-reactive ketones (excluding diaryl/α,β-unsaturated/α-hetero) is 2. The molecule has 2 aromatic carbocycles. The standard InChI is InChI=1S/C30H30BrN3O9.BrH/c1-11-13-9-10-14(33-29(42)20(31)12-7-5-4-6-8-12)22(35)16(13)23(36)17-15(11)24(37)19-21(34(2)3)25(38)18(28(32)41)27(40)30(19,43)26(17)39;/h4-11,15,19-21,24,35,37-39,43H,1-3H3,(H2,32,41)(H,33,42);1H/t11?,15?,19?,20?,21-,24?,30?;/m0./s1. The second-order valence-corrected chi connectivity index (χ2v) is 12.2. The van der Waals surface area contributed by atoms with Crippen molar-refractivity contribution < 1.29 is 44.7 Å². The van der Waals surface area contributed by atoms with Gasteiger partial charge in [0.2, 0.25) is 11.7 Å². The van der Waals surface area contributed by atoms with Crippen molar-refractivity contribution >= 4 is 62.0 Å². The van der Waals surface area contributed by atoms with E-state index in [4.69, 9.17) is 5.73 Å². The Balaban J connectivity index is 0.00000442. The third-order valence-electron chi connectivity index (χ3n) is 8.71. The van der Waals surface area contributed by atoms with Crippen LogP contribution in [0.25, 0.3) is 0 Å². The molecular formula is C30H31Br2N3O9. The molecule has 2 amide bonds. The van der Waals surface area contributed by atoms with E-state index in [0.29, 0.717) is 5.56 Å². The van der Waals surface area contributed by atoms with Crippen LogP contribution in [0.5, 0.6) is 5.75 Å². The number of alkyl halides is 1. The van der Waals surface area contributed by atoms with Gasteiger partial charge >= 0.3 is 0 Å². The summed E-state index contributed by atoms with van der Waals surface area (Å²) in [6.45, 7) is 1.62. The average Bonchev–Trinajstić information content (AvgIpc) is 2.95. The molecule has 3 aliphatic carbocycles. The first-order chi connectivity index (χ1) is 20.2. The molecule has 2 aromatic rings. The van der Waals surface area contributed by atoms with Crippen LogP contribution in [0, 0.1) is 11.8 Å². The fraction of sp³-hybridized carbons (Fsp3) is 0.333. The molecule has 0 heterocycles. The second-order valence-electron chi connectivity index (χ2n) is 11.2. The highest BCUT2D eigenvalue weighted by atomic mass is 79.9. The van der Waals surface area contributed by atoms with Crippen molar-refractivity contribution in [2.75, 3.05) is 19.4 Å². The maximum absolute atomic E-state index is 14.0. The number of carbonyl (C=O) groups is 4. The minimum Gasteiger partial charge on any atom is -0.510 e. The lowest BCUT2D eigenvalue weighted by Gasteiger charge is -2.53. The molecule has 8 N–H and O–H groups in total. The molecule has 0 saturated heterocycles. The number of ketones is 2. The maximum Gasteiger partial charge on any atom is 0.255 e. The SMILES string of the molecule is Br.CC1c2ccc(NC(=O)C(Br)c3ccccc3)c(O)c2C(=O)C2=C(O)C3(O)C(=O)C(C(N)=O)=C(O)[C@@H](N(C)C)C3C(O)C21. The topological polar surface area (TPSA) is 211 Å². The zero-order valence-electron chi connectivity index (χ0n) is 23.7. The number of nitrogens with two attached hydrogens (primary N) is 1. The number of nitrogens with zero attached hydrogens (tertiary/aromatic N) is 1. The zero-order valence-corrected chi connectivity index (χ0v) is 27.0. The summed E-state index contributed by atoms with van der Waals surface area (Å²) in [4.78, 5) is 53.2. The molecule has 0 saturated carbocycles. The molecule has 6 unspecified atom stereocenters. The Morgan fingerprint density at radius 3 is 2.25 bits per heavy atom. The summed E-state index contributed by atoms with van der Waals surface area (Å²) in [5.74, 6) is -10.5. The zero-order chi connectivity index (χ0) is 31.7. The van der Waals surface area contributed by atoms with Crippen LogP contribution < -0.4 is 11.1 Å². The molecule has 3 aliphatic rings. The summed E-state index contributed by atoms with van der Waals surface area (Å²) in [5.41, 5.74) is 1.34. The monoisotopic (exact) mass is 735 g/mol. The molecule has 234 valence electrons. The highest BCUT2D eigenvalue weighted by Crippen LogP contribution is 2.56. The summed E-state index contributed by atoms with van der Waals surface area (Å²) in [6, 6.07) is 10.3. The van der Waals surface area contributed by atoms with Gasteiger partial charge < -0.3 is 36.6 Å². The molecule has 0 fully saturated rings. The van der Waals surface area contributed by atoms with E-state index in [9.17, 15) is 44.7 Å². The number of benzene rings is 2. The molecule has 14 heteroatoms. The second kappa shape index (κ2) is 11.7. The number of amides is 2. The largest absolute Gasteiger partial charge is 0.510 e. The van der Waals surface area contributed by atoms with Crippen molar-refractivity contribution in [3.05, 3.63) is 81.8 Å². The van der Waals surface area contributed by atoms with Crippen LogP contribution in [0.1, 0.15) is 39.2 Å². The van der Waals surface area contributed by atoms with E-state index in [2.05, 4.69) is 21.2 Å². The molecule has 0 aliphatic heterocycles. The molecule has 44 heavy (non-hydrogen) atoms. The van der Waals surface area contributed by atoms with Gasteiger partial charge in [0.1, 0.15) is 21.9 Å². The predicted octanol–water partition coefficient (Wildman–Crippen LogP) is 2.31. The van der Waals surface area contributed by atoms with Crippen LogP contribution >= 0.6 is 32.9 Å². The number of hydrogen-bond donors (Lipinski definition) is 7.